The third kappa shape index (κ3) is 7.98. The van der Waals surface area contributed by atoms with Crippen molar-refractivity contribution in [2.75, 3.05) is 32.8 Å². The molecule has 0 radical (unpaired) electrons. The Bertz CT molecular complexity index is 610. The van der Waals surface area contributed by atoms with Gasteiger partial charge in [0.2, 0.25) is 11.8 Å². The monoisotopic (exact) mass is 419 g/mol. The highest BCUT2D eigenvalue weighted by Gasteiger charge is 2.31. The number of amides is 2. The third-order valence-corrected chi connectivity index (χ3v) is 6.04. The van der Waals surface area contributed by atoms with E-state index in [4.69, 9.17) is 11.2 Å². The fourth-order valence-electron chi connectivity index (χ4n) is 4.09. The first-order chi connectivity index (χ1) is 14.5. The maximum absolute atomic E-state index is 12.8. The van der Waals surface area contributed by atoms with Crippen LogP contribution in [0.25, 0.3) is 0 Å². The molecule has 168 valence electrons. The van der Waals surface area contributed by atoms with E-state index in [9.17, 15) is 14.4 Å². The molecular formula is C23H37N3O4. The zero-order valence-electron chi connectivity index (χ0n) is 18.3. The van der Waals surface area contributed by atoms with Gasteiger partial charge in [0.1, 0.15) is 6.04 Å². The summed E-state index contributed by atoms with van der Waals surface area (Å²) in [5.74, 6) is 2.16. The van der Waals surface area contributed by atoms with E-state index >= 15 is 0 Å². The van der Waals surface area contributed by atoms with Crippen molar-refractivity contribution in [1.29, 1.82) is 0 Å². The first-order valence-corrected chi connectivity index (χ1v) is 11.4. The molecule has 0 bridgehead atoms. The van der Waals surface area contributed by atoms with Gasteiger partial charge in [0.15, 0.2) is 0 Å². The van der Waals surface area contributed by atoms with Crippen LogP contribution in [0, 0.1) is 24.2 Å². The molecule has 2 atom stereocenters. The van der Waals surface area contributed by atoms with Gasteiger partial charge in [0.05, 0.1) is 12.5 Å². The highest BCUT2D eigenvalue weighted by atomic mass is 16.5. The second-order valence-electron chi connectivity index (χ2n) is 8.40. The predicted molar refractivity (Wildman–Crippen MR) is 115 cm³/mol. The Hall–Kier alpha value is -2.07. The minimum atomic E-state index is -0.828. The molecule has 0 aromatic rings. The molecule has 2 aliphatic heterocycles. The Morgan fingerprint density at radius 2 is 2.03 bits per heavy atom. The van der Waals surface area contributed by atoms with Gasteiger partial charge in [-0.25, -0.2) is 4.79 Å². The summed E-state index contributed by atoms with van der Waals surface area (Å²) in [5, 5.41) is 6.10. The van der Waals surface area contributed by atoms with Crippen LogP contribution < -0.4 is 10.6 Å². The van der Waals surface area contributed by atoms with Crippen LogP contribution in [-0.2, 0) is 19.1 Å². The SMILES string of the molecule is C#CCC(NC(=O)[C@@H]1CCCN(C(=O)CCC2CCNCC2)C1)C(=O)OCCCC. The van der Waals surface area contributed by atoms with Gasteiger partial charge in [0, 0.05) is 25.9 Å². The molecule has 30 heavy (non-hydrogen) atoms. The fraction of sp³-hybridized carbons (Fsp3) is 0.783. The van der Waals surface area contributed by atoms with Crippen molar-refractivity contribution in [2.45, 2.75) is 70.8 Å². The summed E-state index contributed by atoms with van der Waals surface area (Å²) in [6, 6.07) is -0.828. The minimum Gasteiger partial charge on any atom is -0.464 e. The molecule has 2 N–H and O–H groups in total. The molecule has 7 nitrogen and oxygen atoms in total. The van der Waals surface area contributed by atoms with Crippen molar-refractivity contribution in [2.24, 2.45) is 11.8 Å². The largest absolute Gasteiger partial charge is 0.464 e. The lowest BCUT2D eigenvalue weighted by atomic mass is 9.92. The minimum absolute atomic E-state index is 0.0995. The number of hydrogen-bond acceptors (Lipinski definition) is 5. The summed E-state index contributed by atoms with van der Waals surface area (Å²) in [6.07, 6.45) is 12.4. The number of rotatable bonds is 10. The zero-order valence-corrected chi connectivity index (χ0v) is 18.3. The summed E-state index contributed by atoms with van der Waals surface area (Å²) in [7, 11) is 0. The smallest absolute Gasteiger partial charge is 0.329 e. The van der Waals surface area contributed by atoms with Crippen molar-refractivity contribution >= 4 is 17.8 Å². The summed E-state index contributed by atoms with van der Waals surface area (Å²) >= 11 is 0. The molecule has 2 heterocycles. The van der Waals surface area contributed by atoms with Crippen LogP contribution in [0.5, 0.6) is 0 Å². The van der Waals surface area contributed by atoms with Gasteiger partial charge < -0.3 is 20.3 Å². The Labute approximate surface area is 180 Å². The Kier molecular flexibility index (Phi) is 10.7. The van der Waals surface area contributed by atoms with Crippen LogP contribution in [0.2, 0.25) is 0 Å². The van der Waals surface area contributed by atoms with E-state index in [2.05, 4.69) is 16.6 Å². The molecule has 2 amide bonds. The molecule has 2 aliphatic rings. The number of carbonyl (C=O) groups excluding carboxylic acids is 3. The van der Waals surface area contributed by atoms with Crippen LogP contribution >= 0.6 is 0 Å². The van der Waals surface area contributed by atoms with E-state index in [0.717, 1.165) is 51.6 Å². The van der Waals surface area contributed by atoms with E-state index in [-0.39, 0.29) is 24.2 Å². The molecule has 2 saturated heterocycles. The number of nitrogens with one attached hydrogen (secondary N) is 2. The van der Waals surface area contributed by atoms with E-state index in [0.29, 0.717) is 38.5 Å². The summed E-state index contributed by atoms with van der Waals surface area (Å²) in [4.78, 5) is 39.5. The van der Waals surface area contributed by atoms with Crippen LogP contribution in [0.3, 0.4) is 0 Å². The molecule has 2 rings (SSSR count). The Morgan fingerprint density at radius 3 is 2.73 bits per heavy atom. The number of ether oxygens (including phenoxy) is 1. The van der Waals surface area contributed by atoms with Crippen LogP contribution in [-0.4, -0.2) is 61.5 Å². The van der Waals surface area contributed by atoms with Crippen LogP contribution in [0.4, 0.5) is 0 Å². The van der Waals surface area contributed by atoms with Gasteiger partial charge in [0.25, 0.3) is 0 Å². The number of esters is 1. The lowest BCUT2D eigenvalue weighted by Crippen LogP contribution is -2.49. The van der Waals surface area contributed by atoms with Crippen molar-refractivity contribution in [3.05, 3.63) is 0 Å². The van der Waals surface area contributed by atoms with Gasteiger partial charge in [-0.1, -0.05) is 13.3 Å². The second-order valence-corrected chi connectivity index (χ2v) is 8.40. The number of carbonyl (C=O) groups is 3. The van der Waals surface area contributed by atoms with Crippen LogP contribution in [0.1, 0.15) is 64.7 Å². The number of likely N-dealkylation sites (tertiary alicyclic amines) is 1. The zero-order chi connectivity index (χ0) is 21.8. The Morgan fingerprint density at radius 1 is 1.27 bits per heavy atom. The maximum atomic E-state index is 12.8. The van der Waals surface area contributed by atoms with E-state index in [1.165, 1.54) is 0 Å². The van der Waals surface area contributed by atoms with E-state index in [1.807, 2.05) is 11.8 Å². The van der Waals surface area contributed by atoms with E-state index < -0.39 is 12.0 Å². The van der Waals surface area contributed by atoms with Gasteiger partial charge in [-0.05, 0) is 57.5 Å². The van der Waals surface area contributed by atoms with Gasteiger partial charge >= 0.3 is 5.97 Å². The molecule has 0 aliphatic carbocycles. The highest BCUT2D eigenvalue weighted by Crippen LogP contribution is 2.21. The number of nitrogens with zero attached hydrogens (tertiary/aromatic N) is 1. The van der Waals surface area contributed by atoms with Gasteiger partial charge in [-0.3, -0.25) is 9.59 Å². The summed E-state index contributed by atoms with van der Waals surface area (Å²) < 4.78 is 5.22. The lowest BCUT2D eigenvalue weighted by molar-refractivity contribution is -0.149. The molecular weight excluding hydrogens is 382 g/mol. The van der Waals surface area contributed by atoms with Crippen molar-refractivity contribution in [1.82, 2.24) is 15.5 Å². The van der Waals surface area contributed by atoms with Crippen LogP contribution in [0.15, 0.2) is 0 Å². The average molecular weight is 420 g/mol. The predicted octanol–water partition coefficient (Wildman–Crippen LogP) is 1.86. The Balaban J connectivity index is 1.81. The van der Waals surface area contributed by atoms with Gasteiger partial charge in [-0.2, -0.15) is 0 Å². The molecule has 0 spiro atoms. The third-order valence-electron chi connectivity index (χ3n) is 6.04. The first kappa shape index (κ1) is 24.2. The maximum Gasteiger partial charge on any atom is 0.329 e. The quantitative estimate of drug-likeness (QED) is 0.321. The van der Waals surface area contributed by atoms with E-state index in [1.54, 1.807) is 0 Å². The molecule has 0 aromatic carbocycles. The molecule has 1 unspecified atom stereocenters. The molecule has 2 fully saturated rings. The van der Waals surface area contributed by atoms with Gasteiger partial charge in [-0.15, -0.1) is 12.3 Å². The first-order valence-electron chi connectivity index (χ1n) is 11.4. The second kappa shape index (κ2) is 13.3. The van der Waals surface area contributed by atoms with Crippen molar-refractivity contribution in [3.63, 3.8) is 0 Å². The number of piperidine rings is 2. The van der Waals surface area contributed by atoms with Crippen molar-refractivity contribution < 1.29 is 19.1 Å². The highest BCUT2D eigenvalue weighted by molar-refractivity contribution is 5.86. The summed E-state index contributed by atoms with van der Waals surface area (Å²) in [6.45, 7) is 5.51. The van der Waals surface area contributed by atoms with Crippen molar-refractivity contribution in [3.8, 4) is 12.3 Å². The standard InChI is InChI=1S/C23H37N3O4/c1-3-5-16-30-23(29)20(7-4-2)25-22(28)19-8-6-15-26(17-19)21(27)10-9-18-11-13-24-14-12-18/h2,18-20,24H,3,5-17H2,1H3,(H,25,28)/t19-,20?/m1/s1. The molecule has 0 saturated carbocycles. The molecule has 0 aromatic heterocycles. The number of unbranched alkanes of at least 4 members (excludes halogenated alkanes) is 1. The topological polar surface area (TPSA) is 87.7 Å². The normalized spacial score (nSPS) is 20.8. The molecule has 7 heteroatoms. The number of hydrogen-bond donors (Lipinski definition) is 2. The average Bonchev–Trinajstić information content (AvgIpc) is 2.78. The fourth-order valence-corrected chi connectivity index (χ4v) is 4.09. The lowest BCUT2D eigenvalue weighted by Gasteiger charge is -2.33. The number of terminal acetylenes is 1. The summed E-state index contributed by atoms with van der Waals surface area (Å²) in [5.41, 5.74) is 0.